The lowest BCUT2D eigenvalue weighted by Crippen LogP contribution is -2.13. The van der Waals surface area contributed by atoms with Gasteiger partial charge in [0, 0.05) is 13.2 Å². The largest absolute Gasteiger partial charge is 0.381 e. The average Bonchev–Trinajstić information content (AvgIpc) is 2.46. The highest BCUT2D eigenvalue weighted by atomic mass is 16.5. The number of ether oxygens (including phenoxy) is 1. The molecule has 19 heavy (non-hydrogen) atoms. The lowest BCUT2D eigenvalue weighted by molar-refractivity contribution is 0.0824. The first-order chi connectivity index (χ1) is 9.43. The molecule has 0 spiro atoms. The van der Waals surface area contributed by atoms with E-state index in [1.165, 1.54) is 89.9 Å². The van der Waals surface area contributed by atoms with Crippen molar-refractivity contribution in [3.05, 3.63) is 0 Å². The lowest BCUT2D eigenvalue weighted by atomic mass is 9.90. The second kappa shape index (κ2) is 13.0. The van der Waals surface area contributed by atoms with Gasteiger partial charge in [0.15, 0.2) is 0 Å². The molecular formula is C18H36O. The minimum atomic E-state index is 0.882. The zero-order valence-corrected chi connectivity index (χ0v) is 13.3. The molecule has 0 bridgehead atoms. The van der Waals surface area contributed by atoms with Gasteiger partial charge in [0.1, 0.15) is 0 Å². The van der Waals surface area contributed by atoms with E-state index in [0.717, 1.165) is 19.1 Å². The summed E-state index contributed by atoms with van der Waals surface area (Å²) in [5.41, 5.74) is 0. The Morgan fingerprint density at radius 3 is 1.95 bits per heavy atom. The fraction of sp³-hybridized carbons (Fsp3) is 1.00. The van der Waals surface area contributed by atoms with Crippen LogP contribution in [-0.4, -0.2) is 13.2 Å². The van der Waals surface area contributed by atoms with E-state index in [0.29, 0.717) is 0 Å². The Morgan fingerprint density at radius 1 is 0.737 bits per heavy atom. The molecule has 0 heterocycles. The first kappa shape index (κ1) is 17.0. The molecular weight excluding hydrogens is 232 g/mol. The second-order valence-corrected chi connectivity index (χ2v) is 6.41. The summed E-state index contributed by atoms with van der Waals surface area (Å²) in [5, 5.41) is 0. The molecule has 0 unspecified atom stereocenters. The monoisotopic (exact) mass is 268 g/mol. The third kappa shape index (κ3) is 10.4. The van der Waals surface area contributed by atoms with Gasteiger partial charge < -0.3 is 4.74 Å². The van der Waals surface area contributed by atoms with Crippen molar-refractivity contribution in [3.8, 4) is 0 Å². The Balaban J connectivity index is 1.71. The molecule has 1 saturated carbocycles. The molecule has 0 amide bonds. The third-order valence-corrected chi connectivity index (χ3v) is 4.47. The minimum Gasteiger partial charge on any atom is -0.381 e. The van der Waals surface area contributed by atoms with Gasteiger partial charge in [-0.15, -0.1) is 0 Å². The third-order valence-electron chi connectivity index (χ3n) is 4.47. The summed E-state index contributed by atoms with van der Waals surface area (Å²) in [5.74, 6) is 0.882. The van der Waals surface area contributed by atoms with Gasteiger partial charge >= 0.3 is 0 Å². The SMILES string of the molecule is CCCCCCCCCCCOCC1CCCCC1. The van der Waals surface area contributed by atoms with Crippen molar-refractivity contribution in [2.75, 3.05) is 13.2 Å². The first-order valence-corrected chi connectivity index (χ1v) is 9.01. The minimum absolute atomic E-state index is 0.882. The summed E-state index contributed by atoms with van der Waals surface area (Å²) in [4.78, 5) is 0. The van der Waals surface area contributed by atoms with Crippen LogP contribution in [0.3, 0.4) is 0 Å². The Kier molecular flexibility index (Phi) is 11.6. The van der Waals surface area contributed by atoms with E-state index in [2.05, 4.69) is 6.92 Å². The number of hydrogen-bond donors (Lipinski definition) is 0. The maximum absolute atomic E-state index is 5.83. The van der Waals surface area contributed by atoms with Crippen molar-refractivity contribution in [2.24, 2.45) is 5.92 Å². The zero-order valence-electron chi connectivity index (χ0n) is 13.3. The van der Waals surface area contributed by atoms with Crippen molar-refractivity contribution < 1.29 is 4.74 Å². The van der Waals surface area contributed by atoms with E-state index >= 15 is 0 Å². The predicted molar refractivity (Wildman–Crippen MR) is 84.6 cm³/mol. The van der Waals surface area contributed by atoms with E-state index < -0.39 is 0 Å². The van der Waals surface area contributed by atoms with Crippen molar-refractivity contribution in [1.82, 2.24) is 0 Å². The van der Waals surface area contributed by atoms with Crippen LogP contribution in [0.25, 0.3) is 0 Å². The van der Waals surface area contributed by atoms with Gasteiger partial charge in [-0.25, -0.2) is 0 Å². The first-order valence-electron chi connectivity index (χ1n) is 9.01. The Morgan fingerprint density at radius 2 is 1.32 bits per heavy atom. The van der Waals surface area contributed by atoms with Crippen LogP contribution in [0.1, 0.15) is 96.8 Å². The molecule has 0 aromatic heterocycles. The molecule has 0 aliphatic heterocycles. The Hall–Kier alpha value is -0.0400. The fourth-order valence-corrected chi connectivity index (χ4v) is 3.12. The molecule has 1 heteroatoms. The van der Waals surface area contributed by atoms with Crippen LogP contribution in [0.5, 0.6) is 0 Å². The summed E-state index contributed by atoms with van der Waals surface area (Å²) >= 11 is 0. The zero-order chi connectivity index (χ0) is 13.6. The quantitative estimate of drug-likeness (QED) is 0.388. The van der Waals surface area contributed by atoms with Gasteiger partial charge in [-0.05, 0) is 25.2 Å². The highest BCUT2D eigenvalue weighted by Crippen LogP contribution is 2.23. The maximum atomic E-state index is 5.83. The molecule has 1 nitrogen and oxygen atoms in total. The molecule has 1 fully saturated rings. The van der Waals surface area contributed by atoms with E-state index in [1.807, 2.05) is 0 Å². The lowest BCUT2D eigenvalue weighted by Gasteiger charge is -2.21. The van der Waals surface area contributed by atoms with Crippen LogP contribution in [0.4, 0.5) is 0 Å². The van der Waals surface area contributed by atoms with E-state index in [4.69, 9.17) is 4.74 Å². The molecule has 0 atom stereocenters. The average molecular weight is 268 g/mol. The summed E-state index contributed by atoms with van der Waals surface area (Å²) in [7, 11) is 0. The summed E-state index contributed by atoms with van der Waals surface area (Å²) < 4.78 is 5.83. The molecule has 0 saturated heterocycles. The van der Waals surface area contributed by atoms with Gasteiger partial charge in [-0.1, -0.05) is 77.6 Å². The van der Waals surface area contributed by atoms with Crippen LogP contribution >= 0.6 is 0 Å². The van der Waals surface area contributed by atoms with Crippen molar-refractivity contribution in [3.63, 3.8) is 0 Å². The topological polar surface area (TPSA) is 9.23 Å². The van der Waals surface area contributed by atoms with Crippen LogP contribution < -0.4 is 0 Å². The number of hydrogen-bond acceptors (Lipinski definition) is 1. The summed E-state index contributed by atoms with van der Waals surface area (Å²) in [6, 6.07) is 0. The van der Waals surface area contributed by atoms with Gasteiger partial charge in [0.25, 0.3) is 0 Å². The summed E-state index contributed by atoms with van der Waals surface area (Å²) in [6.45, 7) is 4.33. The molecule has 1 rings (SSSR count). The van der Waals surface area contributed by atoms with Crippen molar-refractivity contribution in [1.29, 1.82) is 0 Å². The second-order valence-electron chi connectivity index (χ2n) is 6.41. The van der Waals surface area contributed by atoms with Crippen LogP contribution in [-0.2, 0) is 4.74 Å². The number of rotatable bonds is 12. The van der Waals surface area contributed by atoms with Gasteiger partial charge in [0.05, 0.1) is 0 Å². The smallest absolute Gasteiger partial charge is 0.0494 e. The molecule has 0 aromatic carbocycles. The summed E-state index contributed by atoms with van der Waals surface area (Å²) in [6.07, 6.45) is 19.8. The normalized spacial score (nSPS) is 16.9. The van der Waals surface area contributed by atoms with Crippen molar-refractivity contribution >= 4 is 0 Å². The maximum Gasteiger partial charge on any atom is 0.0494 e. The fourth-order valence-electron chi connectivity index (χ4n) is 3.12. The van der Waals surface area contributed by atoms with Crippen LogP contribution in [0.15, 0.2) is 0 Å². The van der Waals surface area contributed by atoms with E-state index in [9.17, 15) is 0 Å². The van der Waals surface area contributed by atoms with E-state index in [1.54, 1.807) is 0 Å². The number of unbranched alkanes of at least 4 members (excludes halogenated alkanes) is 8. The van der Waals surface area contributed by atoms with Gasteiger partial charge in [-0.3, -0.25) is 0 Å². The molecule has 1 aliphatic rings. The molecule has 0 aromatic rings. The molecule has 0 radical (unpaired) electrons. The predicted octanol–water partition coefficient (Wildman–Crippen LogP) is 6.11. The van der Waals surface area contributed by atoms with Gasteiger partial charge in [-0.2, -0.15) is 0 Å². The standard InChI is InChI=1S/C18H36O/c1-2-3-4-5-6-7-8-9-13-16-19-17-18-14-11-10-12-15-18/h18H,2-17H2,1H3. The highest BCUT2D eigenvalue weighted by molar-refractivity contribution is 4.64. The van der Waals surface area contributed by atoms with Gasteiger partial charge in [0.2, 0.25) is 0 Å². The molecule has 114 valence electrons. The Labute approximate surface area is 121 Å². The Bertz CT molecular complexity index is 173. The van der Waals surface area contributed by atoms with Crippen LogP contribution in [0, 0.1) is 5.92 Å². The molecule has 0 N–H and O–H groups in total. The van der Waals surface area contributed by atoms with Crippen molar-refractivity contribution in [2.45, 2.75) is 96.8 Å². The van der Waals surface area contributed by atoms with E-state index in [-0.39, 0.29) is 0 Å². The van der Waals surface area contributed by atoms with Crippen LogP contribution in [0.2, 0.25) is 0 Å². The molecule has 1 aliphatic carbocycles. The highest BCUT2D eigenvalue weighted by Gasteiger charge is 2.12.